The standard InChI is InChI=1S/C20H22ClN3O5S/c21-16-3-1-2-4-19(16)30(26,27)24-9-7-23(8-10-24)20(25)22-14-15-5-6-17-18(13-15)29-12-11-28-17/h1-6,13H,7-12,14H2,(H,22,25). The van der Waals surface area contributed by atoms with Crippen LogP contribution < -0.4 is 14.8 Å². The fourth-order valence-electron chi connectivity index (χ4n) is 3.41. The van der Waals surface area contributed by atoms with Gasteiger partial charge in [0.15, 0.2) is 11.5 Å². The number of nitrogens with zero attached hydrogens (tertiary/aromatic N) is 2. The van der Waals surface area contributed by atoms with Crippen LogP contribution in [0.5, 0.6) is 11.5 Å². The number of rotatable bonds is 4. The summed E-state index contributed by atoms with van der Waals surface area (Å²) in [6.07, 6.45) is 0. The Balaban J connectivity index is 1.32. The number of carbonyl (C=O) groups is 1. The van der Waals surface area contributed by atoms with Gasteiger partial charge < -0.3 is 19.7 Å². The highest BCUT2D eigenvalue weighted by Gasteiger charge is 2.31. The van der Waals surface area contributed by atoms with Crippen molar-refractivity contribution in [2.75, 3.05) is 39.4 Å². The van der Waals surface area contributed by atoms with E-state index in [0.29, 0.717) is 44.3 Å². The summed E-state index contributed by atoms with van der Waals surface area (Å²) in [6, 6.07) is 11.7. The molecule has 0 spiro atoms. The molecule has 2 amide bonds. The third-order valence-corrected chi connectivity index (χ3v) is 7.43. The number of carbonyl (C=O) groups excluding carboxylic acids is 1. The normalized spacial score (nSPS) is 16.9. The van der Waals surface area contributed by atoms with Crippen molar-refractivity contribution in [2.24, 2.45) is 0 Å². The quantitative estimate of drug-likeness (QED) is 0.770. The number of benzene rings is 2. The molecule has 1 N–H and O–H groups in total. The molecular formula is C20H22ClN3O5S. The minimum absolute atomic E-state index is 0.0863. The Morgan fingerprint density at radius 1 is 1.00 bits per heavy atom. The second kappa shape index (κ2) is 8.71. The predicted molar refractivity (Wildman–Crippen MR) is 111 cm³/mol. The van der Waals surface area contributed by atoms with E-state index in [9.17, 15) is 13.2 Å². The molecule has 0 aromatic heterocycles. The van der Waals surface area contributed by atoms with Crippen molar-refractivity contribution >= 4 is 27.7 Å². The predicted octanol–water partition coefficient (Wildman–Crippen LogP) is 2.33. The third kappa shape index (κ3) is 4.33. The summed E-state index contributed by atoms with van der Waals surface area (Å²) in [6.45, 7) is 2.41. The van der Waals surface area contributed by atoms with Crippen molar-refractivity contribution < 1.29 is 22.7 Å². The summed E-state index contributed by atoms with van der Waals surface area (Å²) in [5, 5.41) is 3.06. The van der Waals surface area contributed by atoms with Gasteiger partial charge in [0.25, 0.3) is 0 Å². The average Bonchev–Trinajstić information content (AvgIpc) is 2.77. The second-order valence-electron chi connectivity index (χ2n) is 6.96. The molecule has 0 bridgehead atoms. The van der Waals surface area contributed by atoms with Gasteiger partial charge in [-0.1, -0.05) is 29.8 Å². The van der Waals surface area contributed by atoms with Gasteiger partial charge in [0.1, 0.15) is 18.1 Å². The van der Waals surface area contributed by atoms with E-state index in [4.69, 9.17) is 21.1 Å². The molecule has 1 saturated heterocycles. The molecule has 0 aliphatic carbocycles. The van der Waals surface area contributed by atoms with Gasteiger partial charge in [0.2, 0.25) is 10.0 Å². The summed E-state index contributed by atoms with van der Waals surface area (Å²) in [4.78, 5) is 14.2. The van der Waals surface area contributed by atoms with Crippen LogP contribution in [0, 0.1) is 0 Å². The van der Waals surface area contributed by atoms with Crippen LogP contribution in [0.3, 0.4) is 0 Å². The van der Waals surface area contributed by atoms with Crippen LogP contribution >= 0.6 is 11.6 Å². The lowest BCUT2D eigenvalue weighted by atomic mass is 10.2. The Bertz CT molecular complexity index is 1040. The van der Waals surface area contributed by atoms with Crippen LogP contribution in [0.2, 0.25) is 5.02 Å². The SMILES string of the molecule is O=C(NCc1ccc2c(c1)OCCO2)N1CCN(S(=O)(=O)c2ccccc2Cl)CC1. The van der Waals surface area contributed by atoms with Crippen LogP contribution in [0.4, 0.5) is 4.79 Å². The van der Waals surface area contributed by atoms with Gasteiger partial charge in [-0.2, -0.15) is 4.31 Å². The number of amides is 2. The van der Waals surface area contributed by atoms with Gasteiger partial charge in [0, 0.05) is 32.7 Å². The number of ether oxygens (including phenoxy) is 2. The average molecular weight is 452 g/mol. The highest BCUT2D eigenvalue weighted by molar-refractivity contribution is 7.89. The molecule has 30 heavy (non-hydrogen) atoms. The number of hydrogen-bond acceptors (Lipinski definition) is 5. The number of nitrogens with one attached hydrogen (secondary N) is 1. The maximum Gasteiger partial charge on any atom is 0.317 e. The fraction of sp³-hybridized carbons (Fsp3) is 0.350. The molecule has 1 fully saturated rings. The highest BCUT2D eigenvalue weighted by atomic mass is 35.5. The van der Waals surface area contributed by atoms with E-state index in [0.717, 1.165) is 5.56 Å². The largest absolute Gasteiger partial charge is 0.486 e. The van der Waals surface area contributed by atoms with Crippen molar-refractivity contribution in [3.63, 3.8) is 0 Å². The molecule has 2 aliphatic heterocycles. The Morgan fingerprint density at radius 3 is 2.43 bits per heavy atom. The first-order chi connectivity index (χ1) is 14.4. The molecule has 0 atom stereocenters. The fourth-order valence-corrected chi connectivity index (χ4v) is 5.33. The number of sulfonamides is 1. The van der Waals surface area contributed by atoms with Crippen LogP contribution in [0.1, 0.15) is 5.56 Å². The van der Waals surface area contributed by atoms with Crippen molar-refractivity contribution in [3.05, 3.63) is 53.1 Å². The van der Waals surface area contributed by atoms with E-state index in [1.54, 1.807) is 23.1 Å². The topological polar surface area (TPSA) is 88.2 Å². The molecule has 4 rings (SSSR count). The monoisotopic (exact) mass is 451 g/mol. The molecule has 0 saturated carbocycles. The van der Waals surface area contributed by atoms with E-state index in [2.05, 4.69) is 5.32 Å². The zero-order valence-electron chi connectivity index (χ0n) is 16.2. The number of fused-ring (bicyclic) bond motifs is 1. The van der Waals surface area contributed by atoms with Gasteiger partial charge in [-0.15, -0.1) is 0 Å². The molecule has 160 valence electrons. The van der Waals surface area contributed by atoms with E-state index < -0.39 is 10.0 Å². The Hall–Kier alpha value is -2.49. The van der Waals surface area contributed by atoms with E-state index in [1.165, 1.54) is 10.4 Å². The first-order valence-corrected chi connectivity index (χ1v) is 11.4. The van der Waals surface area contributed by atoms with Crippen molar-refractivity contribution in [2.45, 2.75) is 11.4 Å². The van der Waals surface area contributed by atoms with E-state index in [-0.39, 0.29) is 29.0 Å². The zero-order valence-corrected chi connectivity index (χ0v) is 17.8. The molecule has 2 aromatic carbocycles. The van der Waals surface area contributed by atoms with Gasteiger partial charge >= 0.3 is 6.03 Å². The van der Waals surface area contributed by atoms with Crippen LogP contribution in [-0.4, -0.2) is 63.0 Å². The molecule has 2 aliphatic rings. The molecule has 8 nitrogen and oxygen atoms in total. The van der Waals surface area contributed by atoms with E-state index in [1.807, 2.05) is 18.2 Å². The van der Waals surface area contributed by atoms with Gasteiger partial charge in [-0.05, 0) is 29.8 Å². The second-order valence-corrected chi connectivity index (χ2v) is 9.27. The number of piperazine rings is 1. The first kappa shape index (κ1) is 20.8. The highest BCUT2D eigenvalue weighted by Crippen LogP contribution is 2.30. The summed E-state index contributed by atoms with van der Waals surface area (Å²) in [5.74, 6) is 1.37. The van der Waals surface area contributed by atoms with Crippen LogP contribution in [0.25, 0.3) is 0 Å². The lowest BCUT2D eigenvalue weighted by Gasteiger charge is -2.34. The zero-order chi connectivity index (χ0) is 21.1. The van der Waals surface area contributed by atoms with Gasteiger partial charge in [-0.3, -0.25) is 0 Å². The van der Waals surface area contributed by atoms with Crippen molar-refractivity contribution in [1.82, 2.24) is 14.5 Å². The van der Waals surface area contributed by atoms with Crippen molar-refractivity contribution in [1.29, 1.82) is 0 Å². The summed E-state index contributed by atoms with van der Waals surface area (Å²) in [7, 11) is -3.69. The Labute approximate surface area is 180 Å². The Kier molecular flexibility index (Phi) is 6.03. The lowest BCUT2D eigenvalue weighted by molar-refractivity contribution is 0.170. The van der Waals surface area contributed by atoms with Gasteiger partial charge in [0.05, 0.1) is 5.02 Å². The van der Waals surface area contributed by atoms with E-state index >= 15 is 0 Å². The molecule has 0 radical (unpaired) electrons. The van der Waals surface area contributed by atoms with Crippen LogP contribution in [-0.2, 0) is 16.6 Å². The minimum Gasteiger partial charge on any atom is -0.486 e. The number of urea groups is 1. The number of halogens is 1. The van der Waals surface area contributed by atoms with Crippen molar-refractivity contribution in [3.8, 4) is 11.5 Å². The van der Waals surface area contributed by atoms with Gasteiger partial charge in [-0.25, -0.2) is 13.2 Å². The smallest absolute Gasteiger partial charge is 0.317 e. The number of hydrogen-bond donors (Lipinski definition) is 1. The molecule has 10 heteroatoms. The third-order valence-electron chi connectivity index (χ3n) is 5.03. The minimum atomic E-state index is -3.69. The summed E-state index contributed by atoms with van der Waals surface area (Å²) >= 11 is 6.05. The summed E-state index contributed by atoms with van der Waals surface area (Å²) in [5.41, 5.74) is 0.896. The maximum absolute atomic E-state index is 12.8. The first-order valence-electron chi connectivity index (χ1n) is 9.61. The summed E-state index contributed by atoms with van der Waals surface area (Å²) < 4.78 is 38.0. The molecule has 2 aromatic rings. The van der Waals surface area contributed by atoms with Crippen LogP contribution in [0.15, 0.2) is 47.4 Å². The Morgan fingerprint density at radius 2 is 1.70 bits per heavy atom. The lowest BCUT2D eigenvalue weighted by Crippen LogP contribution is -2.53. The molecule has 2 heterocycles. The molecule has 0 unspecified atom stereocenters. The molecular weight excluding hydrogens is 430 g/mol. The maximum atomic E-state index is 12.8.